The fraction of sp³-hybridized carbons (Fsp3) is 0.842. The van der Waals surface area contributed by atoms with Gasteiger partial charge in [0.2, 0.25) is 15.9 Å². The summed E-state index contributed by atoms with van der Waals surface area (Å²) in [6.45, 7) is 1.46. The Morgan fingerprint density at radius 1 is 1.08 bits per heavy atom. The van der Waals surface area contributed by atoms with E-state index in [0.717, 1.165) is 57.9 Å². The smallest absolute Gasteiger partial charge is 0.226 e. The molecule has 1 aliphatic heterocycles. The summed E-state index contributed by atoms with van der Waals surface area (Å²) >= 11 is 0. The number of likely N-dealkylation sites (tertiary alicyclic amines) is 1. The molecule has 25 heavy (non-hydrogen) atoms. The van der Waals surface area contributed by atoms with E-state index in [-0.39, 0.29) is 18.0 Å². The molecule has 1 amide bonds. The van der Waals surface area contributed by atoms with E-state index >= 15 is 0 Å². The molecule has 0 aromatic heterocycles. The van der Waals surface area contributed by atoms with Crippen LogP contribution >= 0.6 is 0 Å². The average molecular weight is 369 g/mol. The molecule has 0 unspecified atom stereocenters. The summed E-state index contributed by atoms with van der Waals surface area (Å²) in [5, 5.41) is 0. The van der Waals surface area contributed by atoms with Gasteiger partial charge in [0.1, 0.15) is 0 Å². The van der Waals surface area contributed by atoms with Crippen molar-refractivity contribution in [3.05, 3.63) is 11.6 Å². The number of sulfonamides is 1. The lowest BCUT2D eigenvalue weighted by Crippen LogP contribution is -2.50. The van der Waals surface area contributed by atoms with E-state index in [1.54, 1.807) is 4.31 Å². The normalized spacial score (nSPS) is 26.1. The second kappa shape index (κ2) is 8.21. The molecule has 2 fully saturated rings. The zero-order chi connectivity index (χ0) is 17.9. The van der Waals surface area contributed by atoms with Gasteiger partial charge in [-0.2, -0.15) is 4.31 Å². The van der Waals surface area contributed by atoms with Crippen LogP contribution in [0.4, 0.5) is 0 Å². The largest absolute Gasteiger partial charge is 0.342 e. The van der Waals surface area contributed by atoms with E-state index < -0.39 is 10.0 Å². The number of rotatable bonds is 5. The van der Waals surface area contributed by atoms with Crippen LogP contribution < -0.4 is 0 Å². The summed E-state index contributed by atoms with van der Waals surface area (Å²) in [6, 6.07) is 0.252. The van der Waals surface area contributed by atoms with E-state index in [4.69, 9.17) is 0 Å². The van der Waals surface area contributed by atoms with Crippen molar-refractivity contribution in [3.8, 4) is 0 Å². The molecule has 142 valence electrons. The maximum atomic E-state index is 12.6. The maximum absolute atomic E-state index is 12.6. The predicted molar refractivity (Wildman–Crippen MR) is 99.7 cm³/mol. The number of hydrogen-bond acceptors (Lipinski definition) is 3. The first kappa shape index (κ1) is 18.9. The van der Waals surface area contributed by atoms with E-state index in [1.165, 1.54) is 24.7 Å². The standard InChI is InChI=1S/C19H32N2O3S/c1-25(23,24)21(17-9-5-10-17)18-11-6-13-20(14-12-18)19(22)15-16-7-3-2-4-8-16/h7,17-18H,2-6,8-15H2,1H3/t18-/m0/s1. The Balaban J connectivity index is 1.59. The number of carbonyl (C=O) groups is 1. The zero-order valence-electron chi connectivity index (χ0n) is 15.5. The minimum Gasteiger partial charge on any atom is -0.342 e. The topological polar surface area (TPSA) is 57.7 Å². The van der Waals surface area contributed by atoms with Crippen molar-refractivity contribution in [2.75, 3.05) is 19.3 Å². The van der Waals surface area contributed by atoms with Gasteiger partial charge >= 0.3 is 0 Å². The van der Waals surface area contributed by atoms with Crippen LogP contribution in [0, 0.1) is 0 Å². The number of nitrogens with zero attached hydrogens (tertiary/aromatic N) is 2. The molecule has 0 N–H and O–H groups in total. The van der Waals surface area contributed by atoms with Crippen molar-refractivity contribution in [2.24, 2.45) is 0 Å². The lowest BCUT2D eigenvalue weighted by atomic mass is 9.91. The third-order valence-electron chi connectivity index (χ3n) is 5.99. The SMILES string of the molecule is CS(=O)(=O)N(C1CCC1)[C@H]1CCCN(C(=O)CC2=CCCCC2)CC1. The fourth-order valence-electron chi connectivity index (χ4n) is 4.43. The van der Waals surface area contributed by atoms with Crippen LogP contribution in [-0.4, -0.2) is 55.0 Å². The van der Waals surface area contributed by atoms with Crippen LogP contribution in [0.25, 0.3) is 0 Å². The Morgan fingerprint density at radius 3 is 2.40 bits per heavy atom. The van der Waals surface area contributed by atoms with Gasteiger partial charge in [0.05, 0.1) is 6.26 Å². The van der Waals surface area contributed by atoms with Crippen molar-refractivity contribution in [3.63, 3.8) is 0 Å². The lowest BCUT2D eigenvalue weighted by Gasteiger charge is -2.40. The molecule has 6 heteroatoms. The number of carbonyl (C=O) groups excluding carboxylic acids is 1. The van der Waals surface area contributed by atoms with Gasteiger partial charge in [-0.25, -0.2) is 8.42 Å². The third-order valence-corrected chi connectivity index (χ3v) is 7.35. The molecule has 0 bridgehead atoms. The molecule has 3 rings (SSSR count). The Morgan fingerprint density at radius 2 is 1.80 bits per heavy atom. The number of amides is 1. The van der Waals surface area contributed by atoms with Crippen LogP contribution in [-0.2, 0) is 14.8 Å². The summed E-state index contributed by atoms with van der Waals surface area (Å²) in [6.07, 6.45) is 14.4. The van der Waals surface area contributed by atoms with Crippen LogP contribution in [0.5, 0.6) is 0 Å². The van der Waals surface area contributed by atoms with Gasteiger partial charge in [-0.15, -0.1) is 0 Å². The molecule has 5 nitrogen and oxygen atoms in total. The lowest BCUT2D eigenvalue weighted by molar-refractivity contribution is -0.130. The Labute approximate surface area is 152 Å². The molecular weight excluding hydrogens is 336 g/mol. The summed E-state index contributed by atoms with van der Waals surface area (Å²) in [5.74, 6) is 0.225. The van der Waals surface area contributed by atoms with E-state index in [0.29, 0.717) is 13.0 Å². The molecule has 1 atom stereocenters. The molecule has 2 aliphatic carbocycles. The second-order valence-corrected chi connectivity index (χ2v) is 9.82. The fourth-order valence-corrected chi connectivity index (χ4v) is 5.94. The van der Waals surface area contributed by atoms with Crippen molar-refractivity contribution in [1.82, 2.24) is 9.21 Å². The summed E-state index contributed by atoms with van der Waals surface area (Å²) in [7, 11) is -3.18. The molecule has 3 aliphatic rings. The van der Waals surface area contributed by atoms with E-state index in [1.807, 2.05) is 4.90 Å². The van der Waals surface area contributed by atoms with Gasteiger partial charge in [0.25, 0.3) is 0 Å². The molecule has 0 aromatic rings. The third kappa shape index (κ3) is 4.85. The van der Waals surface area contributed by atoms with Crippen LogP contribution in [0.1, 0.15) is 70.6 Å². The highest BCUT2D eigenvalue weighted by atomic mass is 32.2. The van der Waals surface area contributed by atoms with Crippen LogP contribution in [0.2, 0.25) is 0 Å². The zero-order valence-corrected chi connectivity index (χ0v) is 16.3. The van der Waals surface area contributed by atoms with Crippen molar-refractivity contribution in [2.45, 2.75) is 82.7 Å². The number of allylic oxidation sites excluding steroid dienone is 1. The van der Waals surface area contributed by atoms with E-state index in [2.05, 4.69) is 6.08 Å². The summed E-state index contributed by atoms with van der Waals surface area (Å²) < 4.78 is 26.4. The monoisotopic (exact) mass is 368 g/mol. The molecule has 1 saturated carbocycles. The quantitative estimate of drug-likeness (QED) is 0.701. The summed E-state index contributed by atoms with van der Waals surface area (Å²) in [4.78, 5) is 14.6. The maximum Gasteiger partial charge on any atom is 0.226 e. The van der Waals surface area contributed by atoms with Crippen LogP contribution in [0.3, 0.4) is 0 Å². The second-order valence-electron chi connectivity index (χ2n) is 7.93. The van der Waals surface area contributed by atoms with Gasteiger partial charge in [0.15, 0.2) is 0 Å². The van der Waals surface area contributed by atoms with Gasteiger partial charge in [-0.05, 0) is 57.8 Å². The molecule has 1 heterocycles. The first-order valence-corrected chi connectivity index (χ1v) is 11.7. The highest BCUT2D eigenvalue weighted by Gasteiger charge is 2.37. The van der Waals surface area contributed by atoms with Crippen molar-refractivity contribution in [1.29, 1.82) is 0 Å². The Bertz CT molecular complexity index is 610. The van der Waals surface area contributed by atoms with Gasteiger partial charge < -0.3 is 4.90 Å². The summed E-state index contributed by atoms with van der Waals surface area (Å²) in [5.41, 5.74) is 1.30. The molecule has 0 radical (unpaired) electrons. The Hall–Kier alpha value is -0.880. The van der Waals surface area contributed by atoms with Gasteiger partial charge in [-0.1, -0.05) is 18.1 Å². The minimum atomic E-state index is -3.18. The van der Waals surface area contributed by atoms with Crippen molar-refractivity contribution >= 4 is 15.9 Å². The molecule has 0 spiro atoms. The first-order chi connectivity index (χ1) is 11.9. The van der Waals surface area contributed by atoms with Crippen molar-refractivity contribution < 1.29 is 13.2 Å². The highest BCUT2D eigenvalue weighted by Crippen LogP contribution is 2.32. The molecule has 0 aromatic carbocycles. The molecular formula is C19H32N2O3S. The predicted octanol–water partition coefficient (Wildman–Crippen LogP) is 3.07. The van der Waals surface area contributed by atoms with Gasteiger partial charge in [0, 0.05) is 31.6 Å². The molecule has 1 saturated heterocycles. The first-order valence-electron chi connectivity index (χ1n) is 9.89. The average Bonchev–Trinajstić information content (AvgIpc) is 2.76. The minimum absolute atomic E-state index is 0.0620. The highest BCUT2D eigenvalue weighted by molar-refractivity contribution is 7.88. The van der Waals surface area contributed by atoms with E-state index in [9.17, 15) is 13.2 Å². The van der Waals surface area contributed by atoms with Gasteiger partial charge in [-0.3, -0.25) is 4.79 Å². The number of hydrogen-bond donors (Lipinski definition) is 0. The van der Waals surface area contributed by atoms with Crippen LogP contribution in [0.15, 0.2) is 11.6 Å². The Kier molecular flexibility index (Phi) is 6.21.